The summed E-state index contributed by atoms with van der Waals surface area (Å²) in [5.41, 5.74) is 7.90. The summed E-state index contributed by atoms with van der Waals surface area (Å²) in [6.07, 6.45) is 10.0. The Morgan fingerprint density at radius 1 is 0.953 bits per heavy atom. The average Bonchev–Trinajstić information content (AvgIpc) is 3.70. The lowest BCUT2D eigenvalue weighted by atomic mass is 9.69. The molecule has 228 valence electrons. The minimum absolute atomic E-state index is 0.0900. The Balaban J connectivity index is 1.08. The highest BCUT2D eigenvalue weighted by molar-refractivity contribution is 6.04. The molecule has 1 aromatic heterocycles. The molecule has 7 nitrogen and oxygen atoms in total. The van der Waals surface area contributed by atoms with E-state index in [-0.39, 0.29) is 17.1 Å². The van der Waals surface area contributed by atoms with Gasteiger partial charge in [-0.3, -0.25) is 14.5 Å². The van der Waals surface area contributed by atoms with Crippen LogP contribution in [0.1, 0.15) is 88.1 Å². The molecule has 43 heavy (non-hydrogen) atoms. The molecule has 0 radical (unpaired) electrons. The number of imidazole rings is 1. The third-order valence-corrected chi connectivity index (χ3v) is 11.6. The van der Waals surface area contributed by atoms with Gasteiger partial charge in [-0.2, -0.15) is 0 Å². The lowest BCUT2D eigenvalue weighted by molar-refractivity contribution is -0.150. The van der Waals surface area contributed by atoms with Crippen molar-refractivity contribution in [3.8, 4) is 0 Å². The van der Waals surface area contributed by atoms with Crippen molar-refractivity contribution in [1.29, 1.82) is 0 Å². The minimum Gasteiger partial charge on any atom is -0.369 e. The second-order valence-corrected chi connectivity index (χ2v) is 13.8. The van der Waals surface area contributed by atoms with E-state index in [1.54, 1.807) is 6.07 Å². The summed E-state index contributed by atoms with van der Waals surface area (Å²) in [7, 11) is 0. The first-order valence-corrected chi connectivity index (χ1v) is 16.3. The molecule has 2 bridgehead atoms. The number of hydrogen-bond acceptors (Lipinski definition) is 4. The molecule has 1 saturated carbocycles. The molecular formula is C35H44FN5O2. The first-order chi connectivity index (χ1) is 20.8. The zero-order valence-electron chi connectivity index (χ0n) is 25.3. The number of likely N-dealkylation sites (tertiary alicyclic amines) is 1. The third kappa shape index (κ3) is 4.86. The van der Waals surface area contributed by atoms with Crippen LogP contribution in [0.15, 0.2) is 48.5 Å². The van der Waals surface area contributed by atoms with Crippen LogP contribution in [0, 0.1) is 18.2 Å². The van der Waals surface area contributed by atoms with E-state index in [9.17, 15) is 14.0 Å². The van der Waals surface area contributed by atoms with Crippen LogP contribution in [0.4, 0.5) is 4.39 Å². The summed E-state index contributed by atoms with van der Waals surface area (Å²) in [4.78, 5) is 35.6. The van der Waals surface area contributed by atoms with Crippen molar-refractivity contribution < 1.29 is 14.0 Å². The number of halogens is 1. The van der Waals surface area contributed by atoms with Crippen LogP contribution in [0.25, 0.3) is 11.0 Å². The van der Waals surface area contributed by atoms with Gasteiger partial charge in [0.2, 0.25) is 11.8 Å². The molecule has 1 aliphatic carbocycles. The SMILES string of the molecule is Cc1nc2ccccc2n1[C@H]1C[C@H]2CC[C@@H](C1)N2CCC1(c2cccc(F)c2)CCN(C(=O)C2(C(N)=O)CCCC2)CC1. The molecule has 3 aliphatic heterocycles. The number of primary amides is 1. The number of aromatic nitrogens is 2. The molecule has 3 saturated heterocycles. The van der Waals surface area contributed by atoms with Gasteiger partial charge in [-0.05, 0) is 106 Å². The quantitative estimate of drug-likeness (QED) is 0.364. The number of para-hydroxylation sites is 2. The number of piperidine rings is 2. The summed E-state index contributed by atoms with van der Waals surface area (Å²) < 4.78 is 17.0. The van der Waals surface area contributed by atoms with E-state index in [0.717, 1.165) is 68.4 Å². The smallest absolute Gasteiger partial charge is 0.238 e. The standard InChI is InChI=1S/C35H44FN5O2/c1-24-38-30-9-2-3-10-31(30)41(24)29-22-27-11-12-28(23-29)40(27)20-17-34(25-7-6-8-26(36)21-25)15-18-39(19-16-34)33(43)35(32(37)42)13-4-5-14-35/h2-3,6-10,21,27-29H,4-5,11-20,22-23H2,1H3,(H2,37,42)/t27-,28+,29+. The monoisotopic (exact) mass is 585 g/mol. The first kappa shape index (κ1) is 28.5. The molecule has 4 aliphatic rings. The molecule has 3 aromatic rings. The van der Waals surface area contributed by atoms with Crippen molar-refractivity contribution in [2.45, 2.75) is 101 Å². The molecule has 8 heteroatoms. The van der Waals surface area contributed by atoms with Gasteiger partial charge in [-0.1, -0.05) is 37.1 Å². The highest BCUT2D eigenvalue weighted by atomic mass is 19.1. The van der Waals surface area contributed by atoms with Gasteiger partial charge in [0.1, 0.15) is 17.1 Å². The number of fused-ring (bicyclic) bond motifs is 3. The predicted octanol–water partition coefficient (Wildman–Crippen LogP) is 5.65. The van der Waals surface area contributed by atoms with Crippen molar-refractivity contribution in [2.75, 3.05) is 19.6 Å². The fourth-order valence-electron chi connectivity index (χ4n) is 9.28. The predicted molar refractivity (Wildman–Crippen MR) is 165 cm³/mol. The van der Waals surface area contributed by atoms with Gasteiger partial charge in [0.15, 0.2) is 0 Å². The lowest BCUT2D eigenvalue weighted by Gasteiger charge is -2.46. The van der Waals surface area contributed by atoms with Crippen molar-refractivity contribution in [3.63, 3.8) is 0 Å². The largest absolute Gasteiger partial charge is 0.369 e. The molecule has 4 fully saturated rings. The topological polar surface area (TPSA) is 84.5 Å². The Hall–Kier alpha value is -3.26. The maximum Gasteiger partial charge on any atom is 0.238 e. The maximum atomic E-state index is 14.6. The van der Waals surface area contributed by atoms with E-state index >= 15 is 0 Å². The number of nitrogens with zero attached hydrogens (tertiary/aromatic N) is 4. The average molecular weight is 586 g/mol. The molecule has 3 atom stereocenters. The molecule has 0 unspecified atom stereocenters. The van der Waals surface area contributed by atoms with Crippen LogP contribution >= 0.6 is 0 Å². The summed E-state index contributed by atoms with van der Waals surface area (Å²) >= 11 is 0. The minimum atomic E-state index is -1.04. The van der Waals surface area contributed by atoms with Gasteiger partial charge in [0.05, 0.1) is 11.0 Å². The number of carbonyl (C=O) groups is 2. The van der Waals surface area contributed by atoms with E-state index in [4.69, 9.17) is 10.7 Å². The number of hydrogen-bond donors (Lipinski definition) is 1. The maximum absolute atomic E-state index is 14.6. The Kier molecular flexibility index (Phi) is 7.31. The number of rotatable bonds is 7. The first-order valence-electron chi connectivity index (χ1n) is 16.3. The molecule has 2 aromatic carbocycles. The summed E-state index contributed by atoms with van der Waals surface area (Å²) in [6.45, 7) is 4.26. The fourth-order valence-corrected chi connectivity index (χ4v) is 9.28. The molecule has 7 rings (SSSR count). The lowest BCUT2D eigenvalue weighted by Crippen LogP contribution is -2.54. The van der Waals surface area contributed by atoms with Crippen molar-refractivity contribution in [3.05, 3.63) is 65.7 Å². The van der Waals surface area contributed by atoms with E-state index in [1.165, 1.54) is 24.4 Å². The Labute approximate surface area is 253 Å². The van der Waals surface area contributed by atoms with E-state index < -0.39 is 11.3 Å². The molecule has 2 amide bonds. The van der Waals surface area contributed by atoms with Crippen LogP contribution in [0.2, 0.25) is 0 Å². The van der Waals surface area contributed by atoms with E-state index in [0.29, 0.717) is 44.1 Å². The number of amides is 2. The molecule has 0 spiro atoms. The van der Waals surface area contributed by atoms with Gasteiger partial charge in [0.25, 0.3) is 0 Å². The van der Waals surface area contributed by atoms with Crippen molar-refractivity contribution >= 4 is 22.8 Å². The number of nitrogens with two attached hydrogens (primary N) is 1. The zero-order chi connectivity index (χ0) is 29.8. The zero-order valence-corrected chi connectivity index (χ0v) is 25.3. The van der Waals surface area contributed by atoms with Gasteiger partial charge >= 0.3 is 0 Å². The second kappa shape index (κ2) is 11.0. The van der Waals surface area contributed by atoms with Gasteiger partial charge in [-0.15, -0.1) is 0 Å². The highest BCUT2D eigenvalue weighted by Gasteiger charge is 2.50. The molecule has 2 N–H and O–H groups in total. The van der Waals surface area contributed by atoms with E-state index in [2.05, 4.69) is 46.7 Å². The highest BCUT2D eigenvalue weighted by Crippen LogP contribution is 2.46. The van der Waals surface area contributed by atoms with E-state index in [1.807, 2.05) is 11.0 Å². The van der Waals surface area contributed by atoms with Gasteiger partial charge in [-0.25, -0.2) is 9.37 Å². The Morgan fingerprint density at radius 2 is 1.65 bits per heavy atom. The third-order valence-electron chi connectivity index (χ3n) is 11.6. The van der Waals surface area contributed by atoms with Crippen LogP contribution in [-0.2, 0) is 15.0 Å². The Morgan fingerprint density at radius 3 is 2.33 bits per heavy atom. The van der Waals surface area contributed by atoms with Crippen molar-refractivity contribution in [2.24, 2.45) is 11.1 Å². The summed E-state index contributed by atoms with van der Waals surface area (Å²) in [5.74, 6) is 0.321. The second-order valence-electron chi connectivity index (χ2n) is 13.8. The summed E-state index contributed by atoms with van der Waals surface area (Å²) in [6, 6.07) is 17.1. The van der Waals surface area contributed by atoms with Crippen LogP contribution in [0.5, 0.6) is 0 Å². The van der Waals surface area contributed by atoms with Crippen LogP contribution in [-0.4, -0.2) is 62.9 Å². The Bertz CT molecular complexity index is 1510. The van der Waals surface area contributed by atoms with Crippen LogP contribution in [0.3, 0.4) is 0 Å². The normalized spacial score (nSPS) is 26.7. The summed E-state index contributed by atoms with van der Waals surface area (Å²) in [5, 5.41) is 0. The fraction of sp³-hybridized carbons (Fsp3) is 0.571. The van der Waals surface area contributed by atoms with Gasteiger partial charge < -0.3 is 15.2 Å². The van der Waals surface area contributed by atoms with Crippen molar-refractivity contribution in [1.82, 2.24) is 19.4 Å². The van der Waals surface area contributed by atoms with Crippen LogP contribution < -0.4 is 5.73 Å². The number of benzene rings is 2. The number of carbonyl (C=O) groups excluding carboxylic acids is 2. The van der Waals surface area contributed by atoms with Gasteiger partial charge in [0, 0.05) is 31.2 Å². The molecular weight excluding hydrogens is 541 g/mol. The number of aryl methyl sites for hydroxylation is 1. The molecule has 4 heterocycles.